The summed E-state index contributed by atoms with van der Waals surface area (Å²) in [6.45, 7) is 1.68. The van der Waals surface area contributed by atoms with Crippen LogP contribution < -0.4 is 16.0 Å². The number of hydrogen-bond acceptors (Lipinski definition) is 4. The van der Waals surface area contributed by atoms with Crippen LogP contribution in [0.1, 0.15) is 13.3 Å². The normalized spacial score (nSPS) is 11.4. The molecule has 8 nitrogen and oxygen atoms in total. The van der Waals surface area contributed by atoms with Gasteiger partial charge in [0.1, 0.15) is 0 Å². The molecule has 0 unspecified atom stereocenters. The number of carboxylic acid groups (broad SMARTS) is 1. The summed E-state index contributed by atoms with van der Waals surface area (Å²) in [7, 11) is 0. The zero-order valence-electron chi connectivity index (χ0n) is 9.52. The van der Waals surface area contributed by atoms with Gasteiger partial charge >= 0.3 is 12.0 Å². The third kappa shape index (κ3) is 7.12. The van der Waals surface area contributed by atoms with Crippen molar-refractivity contribution in [3.05, 3.63) is 0 Å². The van der Waals surface area contributed by atoms with Gasteiger partial charge in [0, 0.05) is 19.5 Å². The van der Waals surface area contributed by atoms with E-state index >= 15 is 0 Å². The first-order valence-electron chi connectivity index (χ1n) is 5.16. The van der Waals surface area contributed by atoms with Crippen LogP contribution in [0.25, 0.3) is 0 Å². The quantitative estimate of drug-likeness (QED) is 0.365. The minimum absolute atomic E-state index is 0.0927. The van der Waals surface area contributed by atoms with Crippen LogP contribution in [0.3, 0.4) is 0 Å². The minimum atomic E-state index is -1.35. The molecule has 0 rings (SSSR count). The fourth-order valence-electron chi connectivity index (χ4n) is 0.970. The molecule has 8 heteroatoms. The van der Waals surface area contributed by atoms with Crippen molar-refractivity contribution in [2.75, 3.05) is 19.7 Å². The van der Waals surface area contributed by atoms with Crippen LogP contribution in [0.5, 0.6) is 0 Å². The molecule has 1 atom stereocenters. The van der Waals surface area contributed by atoms with Crippen LogP contribution in [0.15, 0.2) is 0 Å². The Morgan fingerprint density at radius 3 is 2.35 bits per heavy atom. The zero-order chi connectivity index (χ0) is 13.3. The lowest BCUT2D eigenvalue weighted by atomic mass is 10.3. The number of hydrogen-bond donors (Lipinski definition) is 5. The van der Waals surface area contributed by atoms with Gasteiger partial charge in [0.25, 0.3) is 0 Å². The number of aliphatic carboxylic acids is 1. The van der Waals surface area contributed by atoms with E-state index < -0.39 is 24.6 Å². The molecule has 3 amide bonds. The lowest BCUT2D eigenvalue weighted by Gasteiger charge is -2.12. The standard InChI is InChI=1S/C9H17N3O5/c1-2-10-7(14)3-4-11-9(17)12-6(5-13)8(15)16/h6,13H,2-5H2,1H3,(H,10,14)(H,15,16)(H2,11,12,17)/t6-/m0/s1. The van der Waals surface area contributed by atoms with Crippen molar-refractivity contribution < 1.29 is 24.6 Å². The summed E-state index contributed by atoms with van der Waals surface area (Å²) in [5, 5.41) is 24.1. The van der Waals surface area contributed by atoms with E-state index in [0.29, 0.717) is 6.54 Å². The molecular weight excluding hydrogens is 230 g/mol. The number of aliphatic hydroxyl groups is 1. The highest BCUT2D eigenvalue weighted by atomic mass is 16.4. The Bertz CT molecular complexity index is 282. The van der Waals surface area contributed by atoms with Crippen LogP contribution in [0.4, 0.5) is 4.79 Å². The highest BCUT2D eigenvalue weighted by molar-refractivity contribution is 5.83. The summed E-state index contributed by atoms with van der Waals surface area (Å²) >= 11 is 0. The molecule has 0 heterocycles. The van der Waals surface area contributed by atoms with Gasteiger partial charge < -0.3 is 26.2 Å². The molecule has 0 bridgehead atoms. The first-order chi connectivity index (χ1) is 8.01. The van der Waals surface area contributed by atoms with Gasteiger partial charge in [-0.05, 0) is 6.92 Å². The molecule has 0 aliphatic carbocycles. The Hall–Kier alpha value is -1.83. The summed E-state index contributed by atoms with van der Waals surface area (Å²) in [5.74, 6) is -1.53. The molecule has 0 saturated carbocycles. The maximum atomic E-state index is 11.1. The molecule has 0 saturated heterocycles. The topological polar surface area (TPSA) is 128 Å². The van der Waals surface area contributed by atoms with E-state index in [-0.39, 0.29) is 18.9 Å². The summed E-state index contributed by atoms with van der Waals surface area (Å²) in [5.41, 5.74) is 0. The highest BCUT2D eigenvalue weighted by Gasteiger charge is 2.18. The number of carbonyl (C=O) groups is 3. The number of rotatable bonds is 7. The van der Waals surface area contributed by atoms with Crippen molar-refractivity contribution in [3.8, 4) is 0 Å². The number of carboxylic acids is 1. The van der Waals surface area contributed by atoms with Gasteiger partial charge in [-0.25, -0.2) is 9.59 Å². The summed E-state index contributed by atoms with van der Waals surface area (Å²) in [6.07, 6.45) is 0.109. The fraction of sp³-hybridized carbons (Fsp3) is 0.667. The Labute approximate surface area is 98.4 Å². The Morgan fingerprint density at radius 1 is 1.24 bits per heavy atom. The molecular formula is C9H17N3O5. The number of urea groups is 1. The smallest absolute Gasteiger partial charge is 0.328 e. The number of aliphatic hydroxyl groups excluding tert-OH is 1. The molecule has 0 spiro atoms. The van der Waals surface area contributed by atoms with Crippen LogP contribution in [0.2, 0.25) is 0 Å². The van der Waals surface area contributed by atoms with Gasteiger partial charge in [0.05, 0.1) is 6.61 Å². The molecule has 17 heavy (non-hydrogen) atoms. The molecule has 0 aromatic rings. The zero-order valence-corrected chi connectivity index (χ0v) is 9.52. The Kier molecular flexibility index (Phi) is 7.44. The molecule has 0 aromatic carbocycles. The summed E-state index contributed by atoms with van der Waals surface area (Å²) in [6, 6.07) is -2.09. The van der Waals surface area contributed by atoms with E-state index in [1.165, 1.54) is 0 Å². The maximum absolute atomic E-state index is 11.1. The lowest BCUT2D eigenvalue weighted by Crippen LogP contribution is -2.48. The number of carbonyl (C=O) groups excluding carboxylic acids is 2. The first-order valence-corrected chi connectivity index (χ1v) is 5.16. The van der Waals surface area contributed by atoms with Crippen LogP contribution in [-0.4, -0.2) is 53.9 Å². The predicted octanol–water partition coefficient (Wildman–Crippen LogP) is -1.74. The minimum Gasteiger partial charge on any atom is -0.480 e. The molecule has 0 aliphatic heterocycles. The molecule has 0 aromatic heterocycles. The van der Waals surface area contributed by atoms with Crippen molar-refractivity contribution in [1.82, 2.24) is 16.0 Å². The Morgan fingerprint density at radius 2 is 1.88 bits per heavy atom. The van der Waals surface area contributed by atoms with E-state index in [0.717, 1.165) is 0 Å². The molecule has 0 radical (unpaired) electrons. The fourth-order valence-corrected chi connectivity index (χ4v) is 0.970. The third-order valence-corrected chi connectivity index (χ3v) is 1.80. The van der Waals surface area contributed by atoms with Gasteiger partial charge in [0.2, 0.25) is 5.91 Å². The van der Waals surface area contributed by atoms with Crippen molar-refractivity contribution in [1.29, 1.82) is 0 Å². The van der Waals surface area contributed by atoms with Crippen molar-refractivity contribution >= 4 is 17.9 Å². The van der Waals surface area contributed by atoms with Crippen LogP contribution in [-0.2, 0) is 9.59 Å². The monoisotopic (exact) mass is 247 g/mol. The van der Waals surface area contributed by atoms with E-state index in [1.54, 1.807) is 6.92 Å². The maximum Gasteiger partial charge on any atom is 0.328 e. The summed E-state index contributed by atoms with van der Waals surface area (Å²) < 4.78 is 0. The third-order valence-electron chi connectivity index (χ3n) is 1.80. The second kappa shape index (κ2) is 8.34. The molecule has 98 valence electrons. The van der Waals surface area contributed by atoms with Crippen molar-refractivity contribution in [2.24, 2.45) is 0 Å². The van der Waals surface area contributed by atoms with Gasteiger partial charge in [0.15, 0.2) is 6.04 Å². The second-order valence-electron chi connectivity index (χ2n) is 3.18. The second-order valence-corrected chi connectivity index (χ2v) is 3.18. The summed E-state index contributed by atoms with van der Waals surface area (Å²) in [4.78, 5) is 32.6. The van der Waals surface area contributed by atoms with E-state index in [4.69, 9.17) is 10.2 Å². The number of nitrogens with one attached hydrogen (secondary N) is 3. The molecule has 5 N–H and O–H groups in total. The van der Waals surface area contributed by atoms with Gasteiger partial charge in [-0.1, -0.05) is 0 Å². The van der Waals surface area contributed by atoms with Crippen LogP contribution in [0, 0.1) is 0 Å². The van der Waals surface area contributed by atoms with E-state index in [1.807, 2.05) is 5.32 Å². The SMILES string of the molecule is CCNC(=O)CCNC(=O)N[C@@H](CO)C(=O)O. The van der Waals surface area contributed by atoms with Crippen molar-refractivity contribution in [2.45, 2.75) is 19.4 Å². The predicted molar refractivity (Wildman–Crippen MR) is 58.3 cm³/mol. The first kappa shape index (κ1) is 15.2. The van der Waals surface area contributed by atoms with E-state index in [9.17, 15) is 14.4 Å². The molecule has 0 fully saturated rings. The average molecular weight is 247 g/mol. The lowest BCUT2D eigenvalue weighted by molar-refractivity contribution is -0.140. The van der Waals surface area contributed by atoms with Crippen LogP contribution >= 0.6 is 0 Å². The molecule has 0 aliphatic rings. The average Bonchev–Trinajstić information content (AvgIpc) is 2.25. The van der Waals surface area contributed by atoms with Gasteiger partial charge in [-0.15, -0.1) is 0 Å². The van der Waals surface area contributed by atoms with Crippen molar-refractivity contribution in [3.63, 3.8) is 0 Å². The highest BCUT2D eigenvalue weighted by Crippen LogP contribution is 1.83. The van der Waals surface area contributed by atoms with Gasteiger partial charge in [-0.2, -0.15) is 0 Å². The number of amides is 3. The Balaban J connectivity index is 3.79. The van der Waals surface area contributed by atoms with Gasteiger partial charge in [-0.3, -0.25) is 4.79 Å². The largest absolute Gasteiger partial charge is 0.480 e. The van der Waals surface area contributed by atoms with E-state index in [2.05, 4.69) is 10.6 Å².